The third-order valence-corrected chi connectivity index (χ3v) is 14.1. The fourth-order valence-corrected chi connectivity index (χ4v) is 9.53. The van der Waals surface area contributed by atoms with Crippen LogP contribution in [-0.2, 0) is 28.6 Å². The molecule has 404 valence electrons. The van der Waals surface area contributed by atoms with E-state index in [4.69, 9.17) is 14.2 Å². The number of rotatable bonds is 55. The first-order chi connectivity index (χ1) is 33.1. The standard InChI is InChI=1S/C62H120O6/c1-56(2)48-42-36-30-24-18-12-9-7-8-10-14-23-29-35-41-47-53-62(65)68-59(55-67-61(64)52-46-40-34-28-22-17-16-20-26-32-38-44-50-58(5)6)54-66-60(63)51-45-39-33-27-21-15-11-13-19-25-31-37-43-49-57(3)4/h56-59H,7-55H2,1-6H3/t59-/m0/s1. The number of carbonyl (C=O) groups is 3. The van der Waals surface area contributed by atoms with Crippen molar-refractivity contribution < 1.29 is 28.6 Å². The lowest BCUT2D eigenvalue weighted by Crippen LogP contribution is -2.30. The van der Waals surface area contributed by atoms with E-state index < -0.39 is 6.10 Å². The predicted octanol–water partition coefficient (Wildman–Crippen LogP) is 20.3. The Bertz CT molecular complexity index is 1050. The van der Waals surface area contributed by atoms with Gasteiger partial charge in [-0.1, -0.05) is 305 Å². The molecule has 0 N–H and O–H groups in total. The van der Waals surface area contributed by atoms with Gasteiger partial charge >= 0.3 is 17.9 Å². The zero-order chi connectivity index (χ0) is 49.8. The van der Waals surface area contributed by atoms with Gasteiger partial charge in [0.2, 0.25) is 0 Å². The maximum Gasteiger partial charge on any atom is 0.306 e. The average molecular weight is 962 g/mol. The molecule has 1 atom stereocenters. The van der Waals surface area contributed by atoms with Crippen LogP contribution in [0.5, 0.6) is 0 Å². The molecule has 0 unspecified atom stereocenters. The van der Waals surface area contributed by atoms with E-state index in [1.807, 2.05) is 0 Å². The second-order valence-electron chi connectivity index (χ2n) is 22.8. The Morgan fingerprint density at radius 1 is 0.250 bits per heavy atom. The molecule has 0 aliphatic carbocycles. The van der Waals surface area contributed by atoms with Crippen LogP contribution in [0, 0.1) is 17.8 Å². The van der Waals surface area contributed by atoms with E-state index in [0.29, 0.717) is 19.3 Å². The third-order valence-electron chi connectivity index (χ3n) is 14.1. The Morgan fingerprint density at radius 2 is 0.426 bits per heavy atom. The number of esters is 3. The van der Waals surface area contributed by atoms with E-state index in [1.165, 1.54) is 225 Å². The summed E-state index contributed by atoms with van der Waals surface area (Å²) in [5, 5.41) is 0. The molecule has 0 aromatic rings. The van der Waals surface area contributed by atoms with E-state index in [9.17, 15) is 14.4 Å². The highest BCUT2D eigenvalue weighted by Gasteiger charge is 2.19. The lowest BCUT2D eigenvalue weighted by molar-refractivity contribution is -0.167. The average Bonchev–Trinajstić information content (AvgIpc) is 3.30. The molecule has 0 fully saturated rings. The normalized spacial score (nSPS) is 12.1. The number of ether oxygens (including phenoxy) is 3. The summed E-state index contributed by atoms with van der Waals surface area (Å²) in [5.41, 5.74) is 0. The van der Waals surface area contributed by atoms with Crippen molar-refractivity contribution in [3.8, 4) is 0 Å². The Balaban J connectivity index is 4.30. The van der Waals surface area contributed by atoms with Crippen LogP contribution in [0.4, 0.5) is 0 Å². The Kier molecular flexibility index (Phi) is 52.0. The maximum atomic E-state index is 12.9. The zero-order valence-electron chi connectivity index (χ0n) is 46.9. The summed E-state index contributed by atoms with van der Waals surface area (Å²) in [5.74, 6) is 1.69. The SMILES string of the molecule is CC(C)CCCCCCCCCCCCCCCCCCC(=O)O[C@@H](COC(=O)CCCCCCCCCCCCCCCC(C)C)COC(=O)CCCCCCCCCCCCCCC(C)C. The van der Waals surface area contributed by atoms with E-state index >= 15 is 0 Å². The van der Waals surface area contributed by atoms with Crippen LogP contribution in [0.1, 0.15) is 343 Å². The van der Waals surface area contributed by atoms with Crippen molar-refractivity contribution in [2.45, 2.75) is 349 Å². The van der Waals surface area contributed by atoms with Gasteiger partial charge < -0.3 is 14.2 Å². The van der Waals surface area contributed by atoms with Gasteiger partial charge in [0.15, 0.2) is 6.10 Å². The molecule has 0 saturated heterocycles. The minimum absolute atomic E-state index is 0.0630. The van der Waals surface area contributed by atoms with Gasteiger partial charge in [0.05, 0.1) is 0 Å². The van der Waals surface area contributed by atoms with Gasteiger partial charge in [0.25, 0.3) is 0 Å². The molecule has 0 saturated carbocycles. The summed E-state index contributed by atoms with van der Waals surface area (Å²) >= 11 is 0. The highest BCUT2D eigenvalue weighted by molar-refractivity contribution is 5.71. The first-order valence-electron chi connectivity index (χ1n) is 30.6. The van der Waals surface area contributed by atoms with E-state index in [2.05, 4.69) is 41.5 Å². The lowest BCUT2D eigenvalue weighted by Gasteiger charge is -2.18. The quantitative estimate of drug-likeness (QED) is 0.0343. The summed E-state index contributed by atoms with van der Waals surface area (Å²) in [6, 6.07) is 0. The first kappa shape index (κ1) is 66.4. The molecule has 68 heavy (non-hydrogen) atoms. The summed E-state index contributed by atoms with van der Waals surface area (Å²) in [4.78, 5) is 38.2. The Morgan fingerprint density at radius 3 is 0.632 bits per heavy atom. The highest BCUT2D eigenvalue weighted by atomic mass is 16.6. The second-order valence-corrected chi connectivity index (χ2v) is 22.8. The van der Waals surface area contributed by atoms with Crippen LogP contribution in [0.3, 0.4) is 0 Å². The van der Waals surface area contributed by atoms with Crippen molar-refractivity contribution >= 4 is 17.9 Å². The summed E-state index contributed by atoms with van der Waals surface area (Å²) in [7, 11) is 0. The molecule has 0 radical (unpaired) electrons. The molecule has 0 aliphatic heterocycles. The van der Waals surface area contributed by atoms with Crippen LogP contribution in [0.2, 0.25) is 0 Å². The van der Waals surface area contributed by atoms with Crippen LogP contribution < -0.4 is 0 Å². The lowest BCUT2D eigenvalue weighted by atomic mass is 10.0. The fourth-order valence-electron chi connectivity index (χ4n) is 9.53. The highest BCUT2D eigenvalue weighted by Crippen LogP contribution is 2.19. The Hall–Kier alpha value is -1.59. The summed E-state index contributed by atoms with van der Waals surface area (Å²) < 4.78 is 16.9. The van der Waals surface area contributed by atoms with Gasteiger partial charge in [-0.15, -0.1) is 0 Å². The van der Waals surface area contributed by atoms with Gasteiger partial charge in [-0.3, -0.25) is 14.4 Å². The van der Waals surface area contributed by atoms with Crippen molar-refractivity contribution in [2.75, 3.05) is 13.2 Å². The third kappa shape index (κ3) is 55.3. The number of hydrogen-bond acceptors (Lipinski definition) is 6. The second kappa shape index (κ2) is 53.2. The van der Waals surface area contributed by atoms with Gasteiger partial charge in [0, 0.05) is 19.3 Å². The molecule has 0 spiro atoms. The smallest absolute Gasteiger partial charge is 0.306 e. The van der Waals surface area contributed by atoms with Crippen LogP contribution in [0.25, 0.3) is 0 Å². The molecular weight excluding hydrogens is 841 g/mol. The minimum Gasteiger partial charge on any atom is -0.462 e. The van der Waals surface area contributed by atoms with Crippen molar-refractivity contribution in [1.82, 2.24) is 0 Å². The van der Waals surface area contributed by atoms with E-state index in [-0.39, 0.29) is 31.1 Å². The molecule has 0 rings (SSSR count). The number of unbranched alkanes of at least 4 members (excludes halogenated alkanes) is 38. The zero-order valence-corrected chi connectivity index (χ0v) is 46.9. The monoisotopic (exact) mass is 961 g/mol. The molecular formula is C62H120O6. The number of hydrogen-bond donors (Lipinski definition) is 0. The molecule has 0 amide bonds. The molecule has 0 heterocycles. The van der Waals surface area contributed by atoms with Crippen LogP contribution in [0.15, 0.2) is 0 Å². The summed E-state index contributed by atoms with van der Waals surface area (Å²) in [6.45, 7) is 13.8. The molecule has 0 aliphatic rings. The molecule has 6 nitrogen and oxygen atoms in total. The van der Waals surface area contributed by atoms with Crippen LogP contribution in [-0.4, -0.2) is 37.2 Å². The van der Waals surface area contributed by atoms with E-state index in [0.717, 1.165) is 75.5 Å². The van der Waals surface area contributed by atoms with Crippen molar-refractivity contribution in [2.24, 2.45) is 17.8 Å². The topological polar surface area (TPSA) is 78.9 Å². The summed E-state index contributed by atoms with van der Waals surface area (Å²) in [6.07, 6.45) is 56.7. The van der Waals surface area contributed by atoms with Crippen molar-refractivity contribution in [3.63, 3.8) is 0 Å². The van der Waals surface area contributed by atoms with Crippen molar-refractivity contribution in [1.29, 1.82) is 0 Å². The number of carbonyl (C=O) groups excluding carboxylic acids is 3. The minimum atomic E-state index is -0.764. The van der Waals surface area contributed by atoms with Gasteiger partial charge in [-0.2, -0.15) is 0 Å². The van der Waals surface area contributed by atoms with Gasteiger partial charge in [0.1, 0.15) is 13.2 Å². The first-order valence-corrected chi connectivity index (χ1v) is 30.6. The van der Waals surface area contributed by atoms with Crippen molar-refractivity contribution in [3.05, 3.63) is 0 Å². The predicted molar refractivity (Wildman–Crippen MR) is 293 cm³/mol. The fraction of sp³-hybridized carbons (Fsp3) is 0.952. The molecule has 0 aromatic heterocycles. The molecule has 0 bridgehead atoms. The maximum absolute atomic E-state index is 12.9. The van der Waals surface area contributed by atoms with E-state index in [1.54, 1.807) is 0 Å². The van der Waals surface area contributed by atoms with Gasteiger partial charge in [-0.05, 0) is 37.0 Å². The molecule has 6 heteroatoms. The largest absolute Gasteiger partial charge is 0.462 e. The van der Waals surface area contributed by atoms with Crippen LogP contribution >= 0.6 is 0 Å². The molecule has 0 aromatic carbocycles. The van der Waals surface area contributed by atoms with Gasteiger partial charge in [-0.25, -0.2) is 0 Å². The Labute approximate surface area is 425 Å².